The standard InChI is InChI=1S/C18H26N2O3/c1-20(2)11-10-13-6-3-4-9-16(13)19-17(21)14-7-5-8-15(12-14)18(22)23/h3-4,6,9,14-15H,5,7-8,10-12H2,1-2H3,(H,19,21)(H,22,23)/t14-,15+/m1/s1. The van der Waals surface area contributed by atoms with Crippen molar-refractivity contribution in [2.24, 2.45) is 11.8 Å². The van der Waals surface area contributed by atoms with Crippen LogP contribution in [-0.4, -0.2) is 42.5 Å². The molecule has 1 aromatic rings. The Bertz CT molecular complexity index is 557. The molecule has 2 atom stereocenters. The number of nitrogens with zero attached hydrogens (tertiary/aromatic N) is 1. The molecule has 0 radical (unpaired) electrons. The van der Waals surface area contributed by atoms with Crippen LogP contribution in [0, 0.1) is 11.8 Å². The molecule has 2 rings (SSSR count). The van der Waals surface area contributed by atoms with Gasteiger partial charge in [-0.25, -0.2) is 0 Å². The van der Waals surface area contributed by atoms with Crippen LogP contribution >= 0.6 is 0 Å². The minimum Gasteiger partial charge on any atom is -0.481 e. The van der Waals surface area contributed by atoms with E-state index >= 15 is 0 Å². The number of para-hydroxylation sites is 1. The third-order valence-electron chi connectivity index (χ3n) is 4.50. The lowest BCUT2D eigenvalue weighted by Crippen LogP contribution is -2.31. The number of anilines is 1. The van der Waals surface area contributed by atoms with Crippen LogP contribution in [0.15, 0.2) is 24.3 Å². The number of amides is 1. The van der Waals surface area contributed by atoms with E-state index in [1.807, 2.05) is 38.4 Å². The third kappa shape index (κ3) is 5.06. The molecule has 2 N–H and O–H groups in total. The van der Waals surface area contributed by atoms with Gasteiger partial charge in [0.1, 0.15) is 0 Å². The van der Waals surface area contributed by atoms with Crippen LogP contribution in [-0.2, 0) is 16.0 Å². The Labute approximate surface area is 137 Å². The van der Waals surface area contributed by atoms with Crippen molar-refractivity contribution >= 4 is 17.6 Å². The number of hydrogen-bond acceptors (Lipinski definition) is 3. The number of carboxylic acid groups (broad SMARTS) is 1. The van der Waals surface area contributed by atoms with Crippen LogP contribution in [0.3, 0.4) is 0 Å². The molecule has 0 aliphatic heterocycles. The van der Waals surface area contributed by atoms with E-state index in [1.165, 1.54) is 0 Å². The molecule has 126 valence electrons. The fourth-order valence-electron chi connectivity index (χ4n) is 3.09. The highest BCUT2D eigenvalue weighted by molar-refractivity contribution is 5.93. The normalized spacial score (nSPS) is 21.2. The summed E-state index contributed by atoms with van der Waals surface area (Å²) >= 11 is 0. The number of carboxylic acids is 1. The number of hydrogen-bond donors (Lipinski definition) is 2. The SMILES string of the molecule is CN(C)CCc1ccccc1NC(=O)[C@@H]1CCC[C@H](C(=O)O)C1. The molecule has 1 aliphatic rings. The summed E-state index contributed by atoms with van der Waals surface area (Å²) in [6, 6.07) is 7.83. The van der Waals surface area contributed by atoms with Gasteiger partial charge in [0, 0.05) is 18.2 Å². The highest BCUT2D eigenvalue weighted by Gasteiger charge is 2.31. The first-order valence-corrected chi connectivity index (χ1v) is 8.23. The van der Waals surface area contributed by atoms with Gasteiger partial charge >= 0.3 is 5.97 Å². The van der Waals surface area contributed by atoms with Crippen molar-refractivity contribution in [3.8, 4) is 0 Å². The van der Waals surface area contributed by atoms with E-state index in [0.29, 0.717) is 12.8 Å². The summed E-state index contributed by atoms with van der Waals surface area (Å²) in [4.78, 5) is 25.8. The summed E-state index contributed by atoms with van der Waals surface area (Å²) in [6.07, 6.45) is 3.57. The van der Waals surface area contributed by atoms with Crippen LogP contribution in [0.25, 0.3) is 0 Å². The van der Waals surface area contributed by atoms with Gasteiger partial charge in [0.25, 0.3) is 0 Å². The Hall–Kier alpha value is -1.88. The highest BCUT2D eigenvalue weighted by atomic mass is 16.4. The van der Waals surface area contributed by atoms with Crippen molar-refractivity contribution in [3.63, 3.8) is 0 Å². The Morgan fingerprint density at radius 3 is 2.61 bits per heavy atom. The topological polar surface area (TPSA) is 69.6 Å². The fourth-order valence-corrected chi connectivity index (χ4v) is 3.09. The molecule has 1 aromatic carbocycles. The molecule has 1 amide bonds. The second-order valence-electron chi connectivity index (χ2n) is 6.60. The predicted octanol–water partition coefficient (Wildman–Crippen LogP) is 2.62. The van der Waals surface area contributed by atoms with Crippen molar-refractivity contribution in [1.29, 1.82) is 0 Å². The molecule has 1 aliphatic carbocycles. The molecule has 0 spiro atoms. The van der Waals surface area contributed by atoms with Gasteiger partial charge < -0.3 is 15.3 Å². The predicted molar refractivity (Wildman–Crippen MR) is 90.4 cm³/mol. The highest BCUT2D eigenvalue weighted by Crippen LogP contribution is 2.30. The Morgan fingerprint density at radius 2 is 1.91 bits per heavy atom. The maximum Gasteiger partial charge on any atom is 0.306 e. The fraction of sp³-hybridized carbons (Fsp3) is 0.556. The molecule has 23 heavy (non-hydrogen) atoms. The van der Waals surface area contributed by atoms with Crippen LogP contribution in [0.1, 0.15) is 31.2 Å². The van der Waals surface area contributed by atoms with Gasteiger partial charge in [-0.2, -0.15) is 0 Å². The number of carbonyl (C=O) groups is 2. The van der Waals surface area contributed by atoms with Crippen LogP contribution in [0.5, 0.6) is 0 Å². The summed E-state index contributed by atoms with van der Waals surface area (Å²) < 4.78 is 0. The molecule has 5 heteroatoms. The van der Waals surface area contributed by atoms with Gasteiger partial charge in [-0.3, -0.25) is 9.59 Å². The van der Waals surface area contributed by atoms with Gasteiger partial charge in [-0.05, 0) is 51.4 Å². The Morgan fingerprint density at radius 1 is 1.22 bits per heavy atom. The molecule has 1 saturated carbocycles. The molecule has 1 fully saturated rings. The van der Waals surface area contributed by atoms with E-state index in [1.54, 1.807) is 0 Å². The summed E-state index contributed by atoms with van der Waals surface area (Å²) in [5.74, 6) is -1.42. The van der Waals surface area contributed by atoms with Gasteiger partial charge in [0.05, 0.1) is 5.92 Å². The summed E-state index contributed by atoms with van der Waals surface area (Å²) in [5.41, 5.74) is 1.96. The van der Waals surface area contributed by atoms with Crippen molar-refractivity contribution in [1.82, 2.24) is 4.90 Å². The summed E-state index contributed by atoms with van der Waals surface area (Å²) in [5, 5.41) is 12.2. The first-order chi connectivity index (χ1) is 11.0. The quantitative estimate of drug-likeness (QED) is 0.846. The van der Waals surface area contributed by atoms with E-state index in [9.17, 15) is 9.59 Å². The molecule has 0 unspecified atom stereocenters. The number of carbonyl (C=O) groups excluding carboxylic acids is 1. The van der Waals surface area contributed by atoms with Crippen LogP contribution in [0.2, 0.25) is 0 Å². The van der Waals surface area contributed by atoms with Crippen molar-refractivity contribution in [2.75, 3.05) is 26.0 Å². The summed E-state index contributed by atoms with van der Waals surface area (Å²) in [6.45, 7) is 0.914. The zero-order valence-corrected chi connectivity index (χ0v) is 13.9. The molecule has 0 saturated heterocycles. The maximum atomic E-state index is 12.5. The van der Waals surface area contributed by atoms with E-state index in [0.717, 1.165) is 37.1 Å². The van der Waals surface area contributed by atoms with Crippen molar-refractivity contribution in [2.45, 2.75) is 32.1 Å². The lowest BCUT2D eigenvalue weighted by Gasteiger charge is -2.26. The number of nitrogens with one attached hydrogen (secondary N) is 1. The van der Waals surface area contributed by atoms with Crippen molar-refractivity contribution in [3.05, 3.63) is 29.8 Å². The largest absolute Gasteiger partial charge is 0.481 e. The molecule has 5 nitrogen and oxygen atoms in total. The second-order valence-corrected chi connectivity index (χ2v) is 6.60. The minimum atomic E-state index is -0.783. The van der Waals surface area contributed by atoms with E-state index in [4.69, 9.17) is 5.11 Å². The van der Waals surface area contributed by atoms with E-state index in [2.05, 4.69) is 10.2 Å². The first kappa shape index (κ1) is 17.5. The number of aliphatic carboxylic acids is 1. The smallest absolute Gasteiger partial charge is 0.306 e. The second kappa shape index (κ2) is 8.11. The zero-order chi connectivity index (χ0) is 16.8. The zero-order valence-electron chi connectivity index (χ0n) is 13.9. The Kier molecular flexibility index (Phi) is 6.16. The van der Waals surface area contributed by atoms with Gasteiger partial charge in [-0.1, -0.05) is 24.6 Å². The molecule has 0 bridgehead atoms. The first-order valence-electron chi connectivity index (χ1n) is 8.23. The maximum absolute atomic E-state index is 12.5. The molecule has 0 aromatic heterocycles. The monoisotopic (exact) mass is 318 g/mol. The van der Waals surface area contributed by atoms with E-state index < -0.39 is 5.97 Å². The number of likely N-dealkylation sites (N-methyl/N-ethyl adjacent to an activating group) is 1. The lowest BCUT2D eigenvalue weighted by atomic mass is 9.81. The molecule has 0 heterocycles. The minimum absolute atomic E-state index is 0.0479. The average Bonchev–Trinajstić information content (AvgIpc) is 2.54. The third-order valence-corrected chi connectivity index (χ3v) is 4.50. The van der Waals surface area contributed by atoms with Crippen LogP contribution < -0.4 is 5.32 Å². The lowest BCUT2D eigenvalue weighted by molar-refractivity contribution is -0.143. The van der Waals surface area contributed by atoms with E-state index in [-0.39, 0.29) is 17.7 Å². The molecular weight excluding hydrogens is 292 g/mol. The van der Waals surface area contributed by atoms with Crippen LogP contribution in [0.4, 0.5) is 5.69 Å². The number of benzene rings is 1. The average molecular weight is 318 g/mol. The van der Waals surface area contributed by atoms with Gasteiger partial charge in [-0.15, -0.1) is 0 Å². The van der Waals surface area contributed by atoms with Crippen molar-refractivity contribution < 1.29 is 14.7 Å². The number of rotatable bonds is 6. The summed E-state index contributed by atoms with van der Waals surface area (Å²) in [7, 11) is 4.05. The van der Waals surface area contributed by atoms with Gasteiger partial charge in [0.2, 0.25) is 5.91 Å². The Balaban J connectivity index is 2.01. The van der Waals surface area contributed by atoms with Gasteiger partial charge in [0.15, 0.2) is 0 Å². The molecular formula is C18H26N2O3.